The van der Waals surface area contributed by atoms with E-state index in [1.54, 1.807) is 0 Å². The molecule has 2 aromatic carbocycles. The van der Waals surface area contributed by atoms with Crippen molar-refractivity contribution >= 4 is 22.7 Å². The number of hydrogen-bond acceptors (Lipinski definition) is 2. The Morgan fingerprint density at radius 3 is 2.86 bits per heavy atom. The lowest BCUT2D eigenvalue weighted by Crippen LogP contribution is -2.01. The molecule has 0 radical (unpaired) electrons. The van der Waals surface area contributed by atoms with Crippen molar-refractivity contribution in [2.45, 2.75) is 30.7 Å². The van der Waals surface area contributed by atoms with Crippen molar-refractivity contribution in [2.75, 3.05) is 0 Å². The number of rotatable bonds is 2. The van der Waals surface area contributed by atoms with Crippen LogP contribution in [0.1, 0.15) is 18.1 Å². The minimum atomic E-state index is 0.103. The van der Waals surface area contributed by atoms with Gasteiger partial charge < -0.3 is 9.67 Å². The molecule has 0 spiro atoms. The van der Waals surface area contributed by atoms with E-state index in [9.17, 15) is 5.11 Å². The molecule has 0 saturated carbocycles. The van der Waals surface area contributed by atoms with E-state index in [0.29, 0.717) is 0 Å². The molecule has 0 unspecified atom stereocenters. The molecule has 1 aromatic heterocycles. The SMILES string of the molecule is CCn1c2c(c3cc(CO)ccc31)CSc1ccccc1-2. The van der Waals surface area contributed by atoms with E-state index in [-0.39, 0.29) is 6.61 Å². The van der Waals surface area contributed by atoms with Gasteiger partial charge in [-0.1, -0.05) is 24.3 Å². The second-order valence-electron chi connectivity index (χ2n) is 5.37. The molecule has 2 nitrogen and oxygen atoms in total. The van der Waals surface area contributed by atoms with Gasteiger partial charge >= 0.3 is 0 Å². The van der Waals surface area contributed by atoms with E-state index in [2.05, 4.69) is 47.9 Å². The van der Waals surface area contributed by atoms with Crippen LogP contribution >= 0.6 is 11.8 Å². The summed E-state index contributed by atoms with van der Waals surface area (Å²) in [5, 5.41) is 10.7. The van der Waals surface area contributed by atoms with Gasteiger partial charge in [-0.25, -0.2) is 0 Å². The Morgan fingerprint density at radius 2 is 2.05 bits per heavy atom. The highest BCUT2D eigenvalue weighted by Crippen LogP contribution is 2.45. The molecule has 0 atom stereocenters. The lowest BCUT2D eigenvalue weighted by atomic mass is 10.0. The number of fused-ring (bicyclic) bond motifs is 5. The van der Waals surface area contributed by atoms with Crippen LogP contribution in [0.3, 0.4) is 0 Å². The highest BCUT2D eigenvalue weighted by molar-refractivity contribution is 7.98. The summed E-state index contributed by atoms with van der Waals surface area (Å²) in [6.45, 7) is 3.26. The molecule has 0 amide bonds. The zero-order valence-corrected chi connectivity index (χ0v) is 12.8. The van der Waals surface area contributed by atoms with Crippen LogP contribution in [0.15, 0.2) is 47.4 Å². The molecule has 2 heterocycles. The number of aliphatic hydroxyl groups excluding tert-OH is 1. The van der Waals surface area contributed by atoms with Crippen LogP contribution in [-0.4, -0.2) is 9.67 Å². The molecule has 1 aliphatic heterocycles. The van der Waals surface area contributed by atoms with Crippen molar-refractivity contribution in [1.82, 2.24) is 4.57 Å². The maximum atomic E-state index is 9.41. The zero-order valence-electron chi connectivity index (χ0n) is 12.0. The highest BCUT2D eigenvalue weighted by Gasteiger charge is 2.23. The summed E-state index contributed by atoms with van der Waals surface area (Å²) >= 11 is 1.91. The number of benzene rings is 2. The van der Waals surface area contributed by atoms with E-state index in [1.807, 2.05) is 17.8 Å². The van der Waals surface area contributed by atoms with Crippen LogP contribution in [-0.2, 0) is 18.9 Å². The molecule has 0 saturated heterocycles. The van der Waals surface area contributed by atoms with Crippen LogP contribution in [0.5, 0.6) is 0 Å². The quantitative estimate of drug-likeness (QED) is 0.757. The number of aliphatic hydroxyl groups is 1. The van der Waals surface area contributed by atoms with Crippen molar-refractivity contribution in [1.29, 1.82) is 0 Å². The Morgan fingerprint density at radius 1 is 1.19 bits per heavy atom. The third kappa shape index (κ3) is 1.84. The molecular weight excluding hydrogens is 278 g/mol. The lowest BCUT2D eigenvalue weighted by Gasteiger charge is -2.18. The fourth-order valence-electron chi connectivity index (χ4n) is 3.29. The summed E-state index contributed by atoms with van der Waals surface area (Å²) in [7, 11) is 0. The fraction of sp³-hybridized carbons (Fsp3) is 0.222. The van der Waals surface area contributed by atoms with Gasteiger partial charge in [-0.05, 0) is 36.2 Å². The number of nitrogens with zero attached hydrogens (tertiary/aromatic N) is 1. The van der Waals surface area contributed by atoms with Gasteiger partial charge in [0.2, 0.25) is 0 Å². The summed E-state index contributed by atoms with van der Waals surface area (Å²) < 4.78 is 2.41. The van der Waals surface area contributed by atoms with Gasteiger partial charge in [0, 0.05) is 33.7 Å². The number of thioether (sulfide) groups is 1. The third-order valence-electron chi connectivity index (χ3n) is 4.25. The number of hydrogen-bond donors (Lipinski definition) is 1. The van der Waals surface area contributed by atoms with E-state index in [0.717, 1.165) is 17.9 Å². The third-order valence-corrected chi connectivity index (χ3v) is 5.35. The molecule has 4 rings (SSSR count). The monoisotopic (exact) mass is 295 g/mol. The predicted molar refractivity (Wildman–Crippen MR) is 88.5 cm³/mol. The highest BCUT2D eigenvalue weighted by atomic mass is 32.2. The molecule has 3 heteroatoms. The largest absolute Gasteiger partial charge is 0.392 e. The Balaban J connectivity index is 2.10. The standard InChI is InChI=1S/C18H17NOS/c1-2-19-16-8-7-12(10-20)9-14(16)15-11-21-17-6-4-3-5-13(17)18(15)19/h3-9,20H,2,10-11H2,1H3. The maximum absolute atomic E-state index is 9.41. The molecule has 0 aliphatic carbocycles. The van der Waals surface area contributed by atoms with Gasteiger partial charge in [-0.2, -0.15) is 0 Å². The average Bonchev–Trinajstić information content (AvgIpc) is 2.88. The summed E-state index contributed by atoms with van der Waals surface area (Å²) in [6.07, 6.45) is 0. The molecule has 0 fully saturated rings. The van der Waals surface area contributed by atoms with Crippen molar-refractivity contribution in [3.63, 3.8) is 0 Å². The molecule has 106 valence electrons. The van der Waals surface area contributed by atoms with E-state index >= 15 is 0 Å². The van der Waals surface area contributed by atoms with Crippen LogP contribution < -0.4 is 0 Å². The predicted octanol–water partition coefficient (Wildman–Crippen LogP) is 4.43. The number of aryl methyl sites for hydroxylation is 1. The van der Waals surface area contributed by atoms with Crippen LogP contribution in [0.2, 0.25) is 0 Å². The van der Waals surface area contributed by atoms with Gasteiger partial charge in [0.15, 0.2) is 0 Å². The molecule has 1 aliphatic rings. The van der Waals surface area contributed by atoms with Gasteiger partial charge in [-0.3, -0.25) is 0 Å². The van der Waals surface area contributed by atoms with Gasteiger partial charge in [-0.15, -0.1) is 11.8 Å². The fourth-order valence-corrected chi connectivity index (χ4v) is 4.38. The second kappa shape index (κ2) is 4.93. The van der Waals surface area contributed by atoms with Gasteiger partial charge in [0.25, 0.3) is 0 Å². The second-order valence-corrected chi connectivity index (χ2v) is 6.38. The summed E-state index contributed by atoms with van der Waals surface area (Å²) in [5.74, 6) is 1.00. The minimum absolute atomic E-state index is 0.103. The summed E-state index contributed by atoms with van der Waals surface area (Å²) in [4.78, 5) is 1.37. The topological polar surface area (TPSA) is 25.2 Å². The Kier molecular flexibility index (Phi) is 3.05. The average molecular weight is 295 g/mol. The Bertz CT molecular complexity index is 835. The van der Waals surface area contributed by atoms with E-state index in [4.69, 9.17) is 0 Å². The van der Waals surface area contributed by atoms with Crippen molar-refractivity contribution in [2.24, 2.45) is 0 Å². The Labute approximate surface area is 128 Å². The normalized spacial score (nSPS) is 13.2. The zero-order chi connectivity index (χ0) is 14.4. The van der Waals surface area contributed by atoms with E-state index in [1.165, 1.54) is 32.6 Å². The van der Waals surface area contributed by atoms with Gasteiger partial charge in [0.05, 0.1) is 12.3 Å². The smallest absolute Gasteiger partial charge is 0.0682 e. The molecule has 1 N–H and O–H groups in total. The minimum Gasteiger partial charge on any atom is -0.392 e. The lowest BCUT2D eigenvalue weighted by molar-refractivity contribution is 0.282. The van der Waals surface area contributed by atoms with Crippen molar-refractivity contribution in [3.8, 4) is 11.3 Å². The molecule has 21 heavy (non-hydrogen) atoms. The van der Waals surface area contributed by atoms with Crippen molar-refractivity contribution < 1.29 is 5.11 Å². The molecular formula is C18H17NOS. The van der Waals surface area contributed by atoms with Crippen LogP contribution in [0, 0.1) is 0 Å². The number of aromatic nitrogens is 1. The molecule has 0 bridgehead atoms. The van der Waals surface area contributed by atoms with Gasteiger partial charge in [0.1, 0.15) is 0 Å². The van der Waals surface area contributed by atoms with Crippen LogP contribution in [0.4, 0.5) is 0 Å². The first-order valence-electron chi connectivity index (χ1n) is 7.30. The van der Waals surface area contributed by atoms with Crippen LogP contribution in [0.25, 0.3) is 22.2 Å². The summed E-state index contributed by atoms with van der Waals surface area (Å²) in [5.41, 5.74) is 6.37. The maximum Gasteiger partial charge on any atom is 0.0682 e. The van der Waals surface area contributed by atoms with E-state index < -0.39 is 0 Å². The first kappa shape index (κ1) is 13.0. The first-order valence-corrected chi connectivity index (χ1v) is 8.29. The first-order chi connectivity index (χ1) is 10.3. The molecule has 3 aromatic rings. The summed E-state index contributed by atoms with van der Waals surface area (Å²) in [6, 6.07) is 15.0. The van der Waals surface area contributed by atoms with Crippen molar-refractivity contribution in [3.05, 3.63) is 53.6 Å². The Hall–Kier alpha value is -1.71.